The van der Waals surface area contributed by atoms with E-state index in [1.54, 1.807) is 7.05 Å². The molecule has 2 heterocycles. The van der Waals surface area contributed by atoms with Crippen LogP contribution in [0.5, 0.6) is 6.01 Å². The van der Waals surface area contributed by atoms with Crippen LogP contribution >= 0.6 is 0 Å². The third-order valence-electron chi connectivity index (χ3n) is 3.10. The molecule has 0 atom stereocenters. The summed E-state index contributed by atoms with van der Waals surface area (Å²) in [6.07, 6.45) is 1.11. The van der Waals surface area contributed by atoms with Crippen molar-refractivity contribution in [3.63, 3.8) is 0 Å². The molecule has 19 heavy (non-hydrogen) atoms. The highest BCUT2D eigenvalue weighted by Gasteiger charge is 2.17. The molecular weight excluding hydrogens is 244 g/mol. The summed E-state index contributed by atoms with van der Waals surface area (Å²) < 4.78 is 5.39. The Labute approximate surface area is 114 Å². The number of hydrogen-bond donors (Lipinski definition) is 1. The van der Waals surface area contributed by atoms with E-state index in [0.29, 0.717) is 24.5 Å². The molecule has 106 valence electrons. The molecule has 0 aromatic carbocycles. The first-order chi connectivity index (χ1) is 9.22. The third-order valence-corrected chi connectivity index (χ3v) is 3.10. The van der Waals surface area contributed by atoms with Gasteiger partial charge >= 0.3 is 6.01 Å². The number of anilines is 2. The second kappa shape index (κ2) is 6.51. The Morgan fingerprint density at radius 3 is 2.74 bits per heavy atom. The first-order valence-electron chi connectivity index (χ1n) is 6.73. The molecule has 0 saturated carbocycles. The molecule has 0 amide bonds. The lowest BCUT2D eigenvalue weighted by Crippen LogP contribution is -2.30. The van der Waals surface area contributed by atoms with Gasteiger partial charge in [0.1, 0.15) is 0 Å². The number of hydrogen-bond acceptors (Lipinski definition) is 7. The van der Waals surface area contributed by atoms with Crippen molar-refractivity contribution in [2.45, 2.75) is 13.3 Å². The highest BCUT2D eigenvalue weighted by atomic mass is 16.5. The smallest absolute Gasteiger partial charge is 0.323 e. The molecule has 1 N–H and O–H groups in total. The Balaban J connectivity index is 2.19. The summed E-state index contributed by atoms with van der Waals surface area (Å²) in [5.74, 6) is 1.24. The van der Waals surface area contributed by atoms with Gasteiger partial charge in [-0.25, -0.2) is 0 Å². The van der Waals surface area contributed by atoms with Gasteiger partial charge in [-0.05, 0) is 26.9 Å². The molecule has 1 aromatic heterocycles. The number of likely N-dealkylation sites (N-methyl/N-ethyl adjacent to an activating group) is 1. The van der Waals surface area contributed by atoms with Crippen LogP contribution in [0.15, 0.2) is 0 Å². The summed E-state index contributed by atoms with van der Waals surface area (Å²) in [5.41, 5.74) is 0. The maximum Gasteiger partial charge on any atom is 0.323 e. The zero-order valence-electron chi connectivity index (χ0n) is 11.9. The monoisotopic (exact) mass is 266 g/mol. The van der Waals surface area contributed by atoms with Gasteiger partial charge in [0.15, 0.2) is 0 Å². The van der Waals surface area contributed by atoms with Gasteiger partial charge in [0.05, 0.1) is 6.61 Å². The van der Waals surface area contributed by atoms with Crippen LogP contribution in [0.1, 0.15) is 13.3 Å². The molecule has 0 spiro atoms. The Morgan fingerprint density at radius 1 is 1.16 bits per heavy atom. The van der Waals surface area contributed by atoms with Gasteiger partial charge in [-0.2, -0.15) is 15.0 Å². The van der Waals surface area contributed by atoms with E-state index in [1.165, 1.54) is 0 Å². The largest absolute Gasteiger partial charge is 0.464 e. The number of rotatable bonds is 4. The second-order valence-corrected chi connectivity index (χ2v) is 4.57. The van der Waals surface area contributed by atoms with E-state index in [9.17, 15) is 0 Å². The minimum atomic E-state index is 0.384. The number of ether oxygens (including phenoxy) is 1. The quantitative estimate of drug-likeness (QED) is 0.849. The van der Waals surface area contributed by atoms with E-state index in [0.717, 1.165) is 32.6 Å². The van der Waals surface area contributed by atoms with Gasteiger partial charge in [-0.15, -0.1) is 0 Å². The van der Waals surface area contributed by atoms with E-state index in [4.69, 9.17) is 4.74 Å². The van der Waals surface area contributed by atoms with Crippen LogP contribution in [0, 0.1) is 0 Å². The van der Waals surface area contributed by atoms with Gasteiger partial charge in [-0.1, -0.05) is 0 Å². The van der Waals surface area contributed by atoms with Gasteiger partial charge in [0.2, 0.25) is 11.9 Å². The molecule has 1 saturated heterocycles. The fourth-order valence-electron chi connectivity index (χ4n) is 2.04. The van der Waals surface area contributed by atoms with Crippen LogP contribution in [0.2, 0.25) is 0 Å². The lowest BCUT2D eigenvalue weighted by Gasteiger charge is -2.21. The first-order valence-corrected chi connectivity index (χ1v) is 6.73. The molecule has 1 aromatic rings. The molecule has 1 aliphatic heterocycles. The van der Waals surface area contributed by atoms with Crippen LogP contribution in [0.4, 0.5) is 11.9 Å². The molecule has 0 bridgehead atoms. The summed E-state index contributed by atoms with van der Waals surface area (Å²) in [6, 6.07) is 0.384. The van der Waals surface area contributed by atoms with Crippen molar-refractivity contribution in [3.8, 4) is 6.01 Å². The summed E-state index contributed by atoms with van der Waals surface area (Å²) in [6.45, 7) is 6.49. The Kier molecular flexibility index (Phi) is 4.73. The minimum absolute atomic E-state index is 0.384. The van der Waals surface area contributed by atoms with Crippen molar-refractivity contribution < 1.29 is 4.74 Å². The molecule has 7 nitrogen and oxygen atoms in total. The molecule has 0 unspecified atom stereocenters. The zero-order valence-corrected chi connectivity index (χ0v) is 11.9. The van der Waals surface area contributed by atoms with Crippen LogP contribution in [0.3, 0.4) is 0 Å². The predicted molar refractivity (Wildman–Crippen MR) is 74.9 cm³/mol. The fraction of sp³-hybridized carbons (Fsp3) is 0.750. The van der Waals surface area contributed by atoms with Crippen molar-refractivity contribution in [1.29, 1.82) is 0 Å². The molecule has 0 radical (unpaired) electrons. The van der Waals surface area contributed by atoms with Gasteiger partial charge in [-0.3, -0.25) is 0 Å². The van der Waals surface area contributed by atoms with Crippen molar-refractivity contribution in [3.05, 3.63) is 0 Å². The highest BCUT2D eigenvalue weighted by molar-refractivity contribution is 5.38. The van der Waals surface area contributed by atoms with E-state index >= 15 is 0 Å². The van der Waals surface area contributed by atoms with Crippen molar-refractivity contribution >= 4 is 11.9 Å². The first kappa shape index (κ1) is 13.8. The van der Waals surface area contributed by atoms with E-state index in [2.05, 4.69) is 37.1 Å². The Bertz CT molecular complexity index is 413. The van der Waals surface area contributed by atoms with Crippen LogP contribution in [-0.4, -0.2) is 66.7 Å². The Hall–Kier alpha value is -1.63. The van der Waals surface area contributed by atoms with Gasteiger partial charge < -0.3 is 19.9 Å². The number of aromatic nitrogens is 3. The summed E-state index contributed by atoms with van der Waals surface area (Å²) >= 11 is 0. The second-order valence-electron chi connectivity index (χ2n) is 4.57. The molecule has 7 heteroatoms. The third kappa shape index (κ3) is 3.66. The van der Waals surface area contributed by atoms with Crippen LogP contribution in [0.25, 0.3) is 0 Å². The maximum atomic E-state index is 5.39. The van der Waals surface area contributed by atoms with E-state index < -0.39 is 0 Å². The summed E-state index contributed by atoms with van der Waals surface area (Å²) in [4.78, 5) is 17.5. The normalized spacial score (nSPS) is 17.1. The number of nitrogens with zero attached hydrogens (tertiary/aromatic N) is 5. The highest BCUT2D eigenvalue weighted by Crippen LogP contribution is 2.16. The summed E-state index contributed by atoms with van der Waals surface area (Å²) in [5, 5.41) is 2.95. The SMILES string of the molecule is CCOc1nc(NC)nc(N2CCCN(C)CC2)n1. The minimum Gasteiger partial charge on any atom is -0.464 e. The molecule has 1 aliphatic rings. The van der Waals surface area contributed by atoms with Gasteiger partial charge in [0.25, 0.3) is 0 Å². The van der Waals surface area contributed by atoms with Crippen molar-refractivity contribution in [2.75, 3.05) is 57.1 Å². The van der Waals surface area contributed by atoms with Crippen molar-refractivity contribution in [2.24, 2.45) is 0 Å². The maximum absolute atomic E-state index is 5.39. The Morgan fingerprint density at radius 2 is 2.00 bits per heavy atom. The number of nitrogens with one attached hydrogen (secondary N) is 1. The molecule has 0 aliphatic carbocycles. The molecule has 2 rings (SSSR count). The summed E-state index contributed by atoms with van der Waals surface area (Å²) in [7, 11) is 3.94. The van der Waals surface area contributed by atoms with Crippen LogP contribution < -0.4 is 15.0 Å². The lowest BCUT2D eigenvalue weighted by molar-refractivity contribution is 0.312. The fourth-order valence-corrected chi connectivity index (χ4v) is 2.04. The van der Waals surface area contributed by atoms with E-state index in [1.807, 2.05) is 6.92 Å². The molecule has 1 fully saturated rings. The van der Waals surface area contributed by atoms with Crippen LogP contribution in [-0.2, 0) is 0 Å². The predicted octanol–water partition coefficient (Wildman–Crippen LogP) is 0.454. The zero-order chi connectivity index (χ0) is 13.7. The van der Waals surface area contributed by atoms with E-state index in [-0.39, 0.29) is 0 Å². The lowest BCUT2D eigenvalue weighted by atomic mass is 10.4. The van der Waals surface area contributed by atoms with Gasteiger partial charge in [0, 0.05) is 26.7 Å². The van der Waals surface area contributed by atoms with Crippen molar-refractivity contribution in [1.82, 2.24) is 19.9 Å². The standard InChI is InChI=1S/C12H22N6O/c1-4-19-12-15-10(13-2)14-11(16-12)18-7-5-6-17(3)8-9-18/h4-9H2,1-3H3,(H,13,14,15,16). The average molecular weight is 266 g/mol. The average Bonchev–Trinajstić information content (AvgIpc) is 2.63. The topological polar surface area (TPSA) is 66.4 Å². The molecular formula is C12H22N6O.